The number of hydrogen-bond donors (Lipinski definition) is 0. The predicted molar refractivity (Wildman–Crippen MR) is 96.6 cm³/mol. The molecule has 3 nitrogen and oxygen atoms in total. The lowest BCUT2D eigenvalue weighted by atomic mass is 9.78. The molecule has 3 saturated heterocycles. The van der Waals surface area contributed by atoms with Gasteiger partial charge in [0.1, 0.15) is 0 Å². The van der Waals surface area contributed by atoms with Gasteiger partial charge in [-0.3, -0.25) is 0 Å². The predicted octanol–water partition coefficient (Wildman–Crippen LogP) is 2.77. The molecule has 4 rings (SSSR count). The van der Waals surface area contributed by atoms with Crippen molar-refractivity contribution in [3.63, 3.8) is 0 Å². The Bertz CT molecular complexity index is 413. The van der Waals surface area contributed by atoms with Crippen LogP contribution in [0.15, 0.2) is 0 Å². The maximum atomic E-state index is 2.79. The molecule has 0 amide bonds. The third-order valence-electron chi connectivity index (χ3n) is 7.44. The number of hydrogen-bond acceptors (Lipinski definition) is 3. The maximum Gasteiger partial charge on any atom is 0.00970 e. The lowest BCUT2D eigenvalue weighted by Gasteiger charge is -2.49. The van der Waals surface area contributed by atoms with Crippen LogP contribution >= 0.6 is 0 Å². The summed E-state index contributed by atoms with van der Waals surface area (Å²) >= 11 is 0. The normalized spacial score (nSPS) is 38.1. The van der Waals surface area contributed by atoms with E-state index in [1.165, 1.54) is 65.1 Å². The van der Waals surface area contributed by atoms with Crippen molar-refractivity contribution >= 4 is 0 Å². The van der Waals surface area contributed by atoms with Gasteiger partial charge in [-0.15, -0.1) is 0 Å². The molecule has 1 saturated carbocycles. The number of nitrogens with zero attached hydrogens (tertiary/aromatic N) is 3. The highest BCUT2D eigenvalue weighted by molar-refractivity contribution is 5.03. The Labute approximate surface area is 143 Å². The monoisotopic (exact) mass is 319 g/mol. The summed E-state index contributed by atoms with van der Waals surface area (Å²) in [6, 6.07) is 1.49. The lowest BCUT2D eigenvalue weighted by molar-refractivity contribution is -0.00490. The maximum absolute atomic E-state index is 2.79. The van der Waals surface area contributed by atoms with Crippen molar-refractivity contribution in [2.75, 3.05) is 45.8 Å². The van der Waals surface area contributed by atoms with Gasteiger partial charge in [0.05, 0.1) is 0 Å². The summed E-state index contributed by atoms with van der Waals surface area (Å²) in [7, 11) is 0. The van der Waals surface area contributed by atoms with Crippen LogP contribution in [0.2, 0.25) is 0 Å². The molecule has 0 bridgehead atoms. The van der Waals surface area contributed by atoms with E-state index in [0.717, 1.165) is 29.8 Å². The smallest absolute Gasteiger partial charge is 0.00970 e. The molecule has 4 aliphatic rings. The van der Waals surface area contributed by atoms with Crippen molar-refractivity contribution in [3.8, 4) is 0 Å². The van der Waals surface area contributed by atoms with Gasteiger partial charge in [0.15, 0.2) is 0 Å². The Morgan fingerprint density at radius 2 is 1.48 bits per heavy atom. The summed E-state index contributed by atoms with van der Waals surface area (Å²) in [4.78, 5) is 8.19. The Hall–Kier alpha value is -0.120. The minimum atomic E-state index is 0.674. The Morgan fingerprint density at radius 1 is 0.870 bits per heavy atom. The van der Waals surface area contributed by atoms with Gasteiger partial charge in [0.25, 0.3) is 0 Å². The summed E-state index contributed by atoms with van der Waals surface area (Å²) in [5.74, 6) is 3.03. The van der Waals surface area contributed by atoms with E-state index in [0.29, 0.717) is 5.41 Å². The van der Waals surface area contributed by atoms with E-state index in [4.69, 9.17) is 0 Å². The standard InChI is InChI=1S/C20H37N3/c1-15(2)22-6-5-20(14-22)12-21(13-20)9-17-7-18-10-23(16(3)4)11-19(18)8-17/h15-19H,5-14H2,1-4H3. The van der Waals surface area contributed by atoms with Crippen LogP contribution in [0.5, 0.6) is 0 Å². The molecule has 2 unspecified atom stereocenters. The first-order valence-electron chi connectivity index (χ1n) is 10.1. The van der Waals surface area contributed by atoms with E-state index in [1.807, 2.05) is 0 Å². The molecule has 0 aromatic carbocycles. The number of likely N-dealkylation sites (tertiary alicyclic amines) is 3. The third kappa shape index (κ3) is 3.09. The zero-order valence-electron chi connectivity index (χ0n) is 15.8. The van der Waals surface area contributed by atoms with E-state index < -0.39 is 0 Å². The molecule has 1 aliphatic carbocycles. The molecule has 2 atom stereocenters. The first-order chi connectivity index (χ1) is 10.9. The van der Waals surface area contributed by atoms with E-state index in [-0.39, 0.29) is 0 Å². The number of fused-ring (bicyclic) bond motifs is 1. The van der Waals surface area contributed by atoms with Gasteiger partial charge < -0.3 is 14.7 Å². The molecule has 0 aromatic heterocycles. The quantitative estimate of drug-likeness (QED) is 0.789. The lowest BCUT2D eigenvalue weighted by Crippen LogP contribution is -2.58. The fourth-order valence-corrected chi connectivity index (χ4v) is 6.10. The highest BCUT2D eigenvalue weighted by Crippen LogP contribution is 2.45. The molecular formula is C20H37N3. The van der Waals surface area contributed by atoms with E-state index >= 15 is 0 Å². The summed E-state index contributed by atoms with van der Waals surface area (Å²) < 4.78 is 0. The van der Waals surface area contributed by atoms with Gasteiger partial charge in [-0.25, -0.2) is 0 Å². The molecule has 4 fully saturated rings. The third-order valence-corrected chi connectivity index (χ3v) is 7.44. The molecule has 3 heterocycles. The van der Waals surface area contributed by atoms with Crippen LogP contribution < -0.4 is 0 Å². The van der Waals surface area contributed by atoms with Crippen LogP contribution in [-0.4, -0.2) is 72.6 Å². The largest absolute Gasteiger partial charge is 0.302 e. The van der Waals surface area contributed by atoms with E-state index in [9.17, 15) is 0 Å². The van der Waals surface area contributed by atoms with Gasteiger partial charge >= 0.3 is 0 Å². The van der Waals surface area contributed by atoms with Gasteiger partial charge in [-0.2, -0.15) is 0 Å². The fraction of sp³-hybridized carbons (Fsp3) is 1.00. The molecule has 23 heavy (non-hydrogen) atoms. The van der Waals surface area contributed by atoms with Crippen LogP contribution in [0, 0.1) is 23.2 Å². The van der Waals surface area contributed by atoms with Crippen LogP contribution in [0.25, 0.3) is 0 Å². The van der Waals surface area contributed by atoms with Gasteiger partial charge in [-0.05, 0) is 71.3 Å². The minimum Gasteiger partial charge on any atom is -0.302 e. The average molecular weight is 320 g/mol. The highest BCUT2D eigenvalue weighted by atomic mass is 15.3. The Morgan fingerprint density at radius 3 is 2.00 bits per heavy atom. The minimum absolute atomic E-state index is 0.674. The molecule has 0 aromatic rings. The fourth-order valence-electron chi connectivity index (χ4n) is 6.10. The second kappa shape index (κ2) is 6.00. The first kappa shape index (κ1) is 16.4. The van der Waals surface area contributed by atoms with Crippen LogP contribution in [-0.2, 0) is 0 Å². The Kier molecular flexibility index (Phi) is 4.26. The van der Waals surface area contributed by atoms with Crippen LogP contribution in [0.3, 0.4) is 0 Å². The van der Waals surface area contributed by atoms with Crippen LogP contribution in [0.1, 0.15) is 47.0 Å². The van der Waals surface area contributed by atoms with Gasteiger partial charge in [0, 0.05) is 56.8 Å². The van der Waals surface area contributed by atoms with Gasteiger partial charge in [-0.1, -0.05) is 0 Å². The second-order valence-corrected chi connectivity index (χ2v) is 9.89. The van der Waals surface area contributed by atoms with E-state index in [1.54, 1.807) is 0 Å². The van der Waals surface area contributed by atoms with Crippen molar-refractivity contribution in [2.24, 2.45) is 23.2 Å². The summed E-state index contributed by atoms with van der Waals surface area (Å²) in [6.07, 6.45) is 4.46. The highest BCUT2D eigenvalue weighted by Gasteiger charge is 2.49. The Balaban J connectivity index is 1.21. The summed E-state index contributed by atoms with van der Waals surface area (Å²) in [5.41, 5.74) is 0.674. The van der Waals surface area contributed by atoms with Crippen molar-refractivity contribution in [1.82, 2.24) is 14.7 Å². The number of rotatable bonds is 4. The van der Waals surface area contributed by atoms with Crippen molar-refractivity contribution in [2.45, 2.75) is 59.0 Å². The molecule has 0 N–H and O–H groups in total. The first-order valence-corrected chi connectivity index (χ1v) is 10.1. The second-order valence-electron chi connectivity index (χ2n) is 9.89. The molecule has 1 spiro atoms. The zero-order chi connectivity index (χ0) is 16.2. The summed E-state index contributed by atoms with van der Waals surface area (Å²) in [6.45, 7) is 19.1. The zero-order valence-corrected chi connectivity index (χ0v) is 15.8. The SMILES string of the molecule is CC(C)N1CC2CC(CN3CC4(CCN(C(C)C)C4)C3)CC2C1. The molecular weight excluding hydrogens is 282 g/mol. The molecule has 132 valence electrons. The van der Waals surface area contributed by atoms with Gasteiger partial charge in [0.2, 0.25) is 0 Å². The average Bonchev–Trinajstić information content (AvgIpc) is 3.09. The van der Waals surface area contributed by atoms with Crippen molar-refractivity contribution in [3.05, 3.63) is 0 Å². The molecule has 0 radical (unpaired) electrons. The van der Waals surface area contributed by atoms with Crippen LogP contribution in [0.4, 0.5) is 0 Å². The molecule has 3 aliphatic heterocycles. The summed E-state index contributed by atoms with van der Waals surface area (Å²) in [5, 5.41) is 0. The molecule has 3 heteroatoms. The topological polar surface area (TPSA) is 9.72 Å². The van der Waals surface area contributed by atoms with Crippen molar-refractivity contribution < 1.29 is 0 Å². The van der Waals surface area contributed by atoms with E-state index in [2.05, 4.69) is 42.4 Å². The van der Waals surface area contributed by atoms with Crippen molar-refractivity contribution in [1.29, 1.82) is 0 Å².